The van der Waals surface area contributed by atoms with Crippen LogP contribution in [0.5, 0.6) is 0 Å². The van der Waals surface area contributed by atoms with Gasteiger partial charge in [-0.3, -0.25) is 4.40 Å². The van der Waals surface area contributed by atoms with E-state index < -0.39 is 0 Å². The standard InChI is InChI=1S/C18H18ClN5O/c19-15-6-4-14(5-7-15)18-21-16(17-3-1-2-8-24(17)18)13-20-22-23-9-11-25-12-10-23/h1-8,13,22H,9-12H2/b20-13-. The van der Waals surface area contributed by atoms with Crippen molar-refractivity contribution >= 4 is 23.3 Å². The van der Waals surface area contributed by atoms with Crippen LogP contribution in [0.25, 0.3) is 16.9 Å². The number of halogens is 1. The molecule has 0 bridgehead atoms. The SMILES string of the molecule is Clc1ccc(-c2nc(/C=N\NN3CCOCC3)c3ccccn23)cc1. The van der Waals surface area contributed by atoms with Crippen LogP contribution in [0.15, 0.2) is 53.8 Å². The van der Waals surface area contributed by atoms with Crippen LogP contribution in [0.2, 0.25) is 5.02 Å². The maximum Gasteiger partial charge on any atom is 0.145 e. The molecule has 4 rings (SSSR count). The van der Waals surface area contributed by atoms with Crippen molar-refractivity contribution in [1.82, 2.24) is 19.9 Å². The quantitative estimate of drug-likeness (QED) is 0.577. The van der Waals surface area contributed by atoms with E-state index in [1.165, 1.54) is 0 Å². The summed E-state index contributed by atoms with van der Waals surface area (Å²) >= 11 is 5.99. The van der Waals surface area contributed by atoms with E-state index in [-0.39, 0.29) is 0 Å². The number of benzene rings is 1. The van der Waals surface area contributed by atoms with Gasteiger partial charge in [0.1, 0.15) is 11.5 Å². The maximum atomic E-state index is 5.99. The Morgan fingerprint density at radius 2 is 1.92 bits per heavy atom. The molecule has 1 aliphatic heterocycles. The zero-order valence-electron chi connectivity index (χ0n) is 13.6. The van der Waals surface area contributed by atoms with Gasteiger partial charge in [-0.1, -0.05) is 17.7 Å². The van der Waals surface area contributed by atoms with E-state index in [4.69, 9.17) is 21.3 Å². The summed E-state index contributed by atoms with van der Waals surface area (Å²) in [6.07, 6.45) is 3.75. The predicted molar refractivity (Wildman–Crippen MR) is 98.8 cm³/mol. The minimum atomic E-state index is 0.709. The van der Waals surface area contributed by atoms with Gasteiger partial charge in [0.05, 0.1) is 24.9 Å². The molecule has 1 fully saturated rings. The van der Waals surface area contributed by atoms with E-state index in [0.717, 1.165) is 48.9 Å². The Hall–Kier alpha value is -2.41. The number of nitrogens with one attached hydrogen (secondary N) is 1. The number of hydrogen-bond donors (Lipinski definition) is 1. The molecule has 0 aliphatic carbocycles. The first-order valence-corrected chi connectivity index (χ1v) is 8.53. The van der Waals surface area contributed by atoms with Gasteiger partial charge in [-0.25, -0.2) is 15.5 Å². The number of aromatic nitrogens is 2. The monoisotopic (exact) mass is 355 g/mol. The lowest BCUT2D eigenvalue weighted by atomic mass is 10.2. The number of fused-ring (bicyclic) bond motifs is 1. The molecule has 0 radical (unpaired) electrons. The van der Waals surface area contributed by atoms with Crippen LogP contribution in [0.4, 0.5) is 0 Å². The molecule has 3 heterocycles. The van der Waals surface area contributed by atoms with Crippen LogP contribution >= 0.6 is 11.6 Å². The number of rotatable bonds is 4. The summed E-state index contributed by atoms with van der Waals surface area (Å²) in [6.45, 7) is 3.07. The summed E-state index contributed by atoms with van der Waals surface area (Å²) in [6, 6.07) is 13.7. The van der Waals surface area contributed by atoms with E-state index in [0.29, 0.717) is 5.02 Å². The number of pyridine rings is 1. The summed E-state index contributed by atoms with van der Waals surface area (Å²) in [5.41, 5.74) is 5.86. The van der Waals surface area contributed by atoms with Gasteiger partial charge in [0.2, 0.25) is 0 Å². The molecule has 0 amide bonds. The molecular formula is C18H18ClN5O. The van der Waals surface area contributed by atoms with Gasteiger partial charge >= 0.3 is 0 Å². The normalized spacial score (nSPS) is 15.9. The lowest BCUT2D eigenvalue weighted by Crippen LogP contribution is -2.43. The molecule has 1 aliphatic rings. The fraction of sp³-hybridized carbons (Fsp3) is 0.222. The first-order chi connectivity index (χ1) is 12.3. The Labute approximate surface area is 150 Å². The highest BCUT2D eigenvalue weighted by molar-refractivity contribution is 6.30. The fourth-order valence-electron chi connectivity index (χ4n) is 2.79. The second-order valence-corrected chi connectivity index (χ2v) is 6.18. The number of morpholine rings is 1. The van der Waals surface area contributed by atoms with E-state index in [9.17, 15) is 0 Å². The van der Waals surface area contributed by atoms with Crippen molar-refractivity contribution in [3.05, 3.63) is 59.4 Å². The molecule has 1 saturated heterocycles. The van der Waals surface area contributed by atoms with Crippen molar-refractivity contribution in [2.24, 2.45) is 5.10 Å². The molecule has 0 unspecified atom stereocenters. The summed E-state index contributed by atoms with van der Waals surface area (Å²) in [7, 11) is 0. The summed E-state index contributed by atoms with van der Waals surface area (Å²) in [5.74, 6) is 0.861. The third-order valence-corrected chi connectivity index (χ3v) is 4.33. The molecule has 0 atom stereocenters. The average Bonchev–Trinajstić information content (AvgIpc) is 3.02. The average molecular weight is 356 g/mol. The number of hydrazone groups is 1. The third kappa shape index (κ3) is 3.51. The molecule has 1 aromatic carbocycles. The van der Waals surface area contributed by atoms with Crippen LogP contribution in [0.3, 0.4) is 0 Å². The lowest BCUT2D eigenvalue weighted by Gasteiger charge is -2.25. The second kappa shape index (κ2) is 7.23. The van der Waals surface area contributed by atoms with Crippen molar-refractivity contribution in [3.63, 3.8) is 0 Å². The molecule has 25 heavy (non-hydrogen) atoms. The van der Waals surface area contributed by atoms with E-state index in [2.05, 4.69) is 15.0 Å². The molecule has 1 N–H and O–H groups in total. The highest BCUT2D eigenvalue weighted by atomic mass is 35.5. The molecular weight excluding hydrogens is 338 g/mol. The van der Waals surface area contributed by atoms with Gasteiger partial charge in [0, 0.05) is 29.9 Å². The van der Waals surface area contributed by atoms with Crippen molar-refractivity contribution in [1.29, 1.82) is 0 Å². The number of imidazole rings is 1. The second-order valence-electron chi connectivity index (χ2n) is 5.74. The van der Waals surface area contributed by atoms with Crippen molar-refractivity contribution in [2.75, 3.05) is 26.3 Å². The van der Waals surface area contributed by atoms with Gasteiger partial charge in [0.15, 0.2) is 0 Å². The highest BCUT2D eigenvalue weighted by Crippen LogP contribution is 2.23. The predicted octanol–water partition coefficient (Wildman–Crippen LogP) is 2.83. The smallest absolute Gasteiger partial charge is 0.145 e. The van der Waals surface area contributed by atoms with Crippen LogP contribution in [-0.4, -0.2) is 46.9 Å². The Morgan fingerprint density at radius 1 is 1.12 bits per heavy atom. The minimum Gasteiger partial charge on any atom is -0.379 e. The van der Waals surface area contributed by atoms with Crippen LogP contribution in [0.1, 0.15) is 5.69 Å². The van der Waals surface area contributed by atoms with Crippen molar-refractivity contribution in [3.8, 4) is 11.4 Å². The van der Waals surface area contributed by atoms with Gasteiger partial charge in [-0.05, 0) is 36.4 Å². The van der Waals surface area contributed by atoms with Gasteiger partial charge in [-0.15, -0.1) is 0 Å². The van der Waals surface area contributed by atoms with Gasteiger partial charge < -0.3 is 4.74 Å². The Bertz CT molecular complexity index is 884. The lowest BCUT2D eigenvalue weighted by molar-refractivity contribution is 0.0128. The summed E-state index contributed by atoms with van der Waals surface area (Å²) < 4.78 is 7.38. The Balaban J connectivity index is 1.64. The molecule has 0 spiro atoms. The van der Waals surface area contributed by atoms with Gasteiger partial charge in [-0.2, -0.15) is 5.10 Å². The van der Waals surface area contributed by atoms with Gasteiger partial charge in [0.25, 0.3) is 0 Å². The molecule has 3 aromatic rings. The highest BCUT2D eigenvalue weighted by Gasteiger charge is 2.12. The van der Waals surface area contributed by atoms with Crippen LogP contribution in [0, 0.1) is 0 Å². The molecule has 128 valence electrons. The number of nitrogens with zero attached hydrogens (tertiary/aromatic N) is 4. The first kappa shape index (κ1) is 16.1. The largest absolute Gasteiger partial charge is 0.379 e. The van der Waals surface area contributed by atoms with Crippen LogP contribution in [-0.2, 0) is 4.74 Å². The summed E-state index contributed by atoms with van der Waals surface area (Å²) in [4.78, 5) is 4.76. The molecule has 2 aromatic heterocycles. The van der Waals surface area contributed by atoms with E-state index in [1.807, 2.05) is 53.7 Å². The molecule has 6 nitrogen and oxygen atoms in total. The Morgan fingerprint density at radius 3 is 2.72 bits per heavy atom. The summed E-state index contributed by atoms with van der Waals surface area (Å²) in [5, 5.41) is 7.07. The molecule has 0 saturated carbocycles. The van der Waals surface area contributed by atoms with E-state index >= 15 is 0 Å². The molecule has 7 heteroatoms. The third-order valence-electron chi connectivity index (χ3n) is 4.08. The maximum absolute atomic E-state index is 5.99. The van der Waals surface area contributed by atoms with Crippen molar-refractivity contribution in [2.45, 2.75) is 0 Å². The first-order valence-electron chi connectivity index (χ1n) is 8.16. The fourth-order valence-corrected chi connectivity index (χ4v) is 2.92. The number of hydrogen-bond acceptors (Lipinski definition) is 5. The van der Waals surface area contributed by atoms with Crippen LogP contribution < -0.4 is 5.53 Å². The topological polar surface area (TPSA) is 54.2 Å². The number of hydrazine groups is 1. The number of ether oxygens (including phenoxy) is 1. The van der Waals surface area contributed by atoms with E-state index in [1.54, 1.807) is 6.21 Å². The zero-order valence-corrected chi connectivity index (χ0v) is 14.4. The Kier molecular flexibility index (Phi) is 4.65. The van der Waals surface area contributed by atoms with Crippen molar-refractivity contribution < 1.29 is 4.74 Å². The minimum absolute atomic E-state index is 0.709. The zero-order chi connectivity index (χ0) is 17.1.